The van der Waals surface area contributed by atoms with E-state index in [1.807, 2.05) is 19.1 Å². The Labute approximate surface area is 199 Å². The van der Waals surface area contributed by atoms with Gasteiger partial charge in [-0.3, -0.25) is 19.1 Å². The van der Waals surface area contributed by atoms with Gasteiger partial charge in [0.2, 0.25) is 5.91 Å². The van der Waals surface area contributed by atoms with E-state index in [1.165, 1.54) is 10.6 Å². The summed E-state index contributed by atoms with van der Waals surface area (Å²) >= 11 is 6.35. The largest absolute Gasteiger partial charge is 0.361 e. The molecule has 0 radical (unpaired) electrons. The number of benzene rings is 1. The molecule has 10 heteroatoms. The highest BCUT2D eigenvalue weighted by Crippen LogP contribution is 2.29. The Balaban J connectivity index is 1.34. The number of aromatic nitrogens is 4. The number of aryl methyl sites for hydroxylation is 1. The van der Waals surface area contributed by atoms with Gasteiger partial charge in [-0.1, -0.05) is 29.3 Å². The summed E-state index contributed by atoms with van der Waals surface area (Å²) in [4.78, 5) is 37.7. The maximum atomic E-state index is 14.1. The molecular weight excluding hydrogens is 459 g/mol. The third-order valence-electron chi connectivity index (χ3n) is 6.01. The van der Waals surface area contributed by atoms with Crippen molar-refractivity contribution < 1.29 is 9.18 Å². The monoisotopic (exact) mass is 480 g/mol. The van der Waals surface area contributed by atoms with Crippen LogP contribution in [0.1, 0.15) is 35.0 Å². The summed E-state index contributed by atoms with van der Waals surface area (Å²) in [7, 11) is 0. The first kappa shape index (κ1) is 22.1. The molecule has 3 aromatic heterocycles. The lowest BCUT2D eigenvalue weighted by Crippen LogP contribution is -2.36. The Morgan fingerprint density at radius 1 is 1.29 bits per heavy atom. The molecule has 1 amide bonds. The standard InChI is InChI=1S/C24H22ClFN6O2/c1-13-2-3-17(26)14(8-13)11-28-22-24(34)32-19(21(25)31-22)4-5-20(32)23(33)29-12-16-9-15-10-27-7-6-18(15)30-16/h2-3,6-10,20,30H,4-5,11-12H2,1H3,(H,28,31)(H,29,33)/t20-/m0/s1. The molecule has 3 N–H and O–H groups in total. The molecule has 0 aliphatic carbocycles. The molecule has 0 saturated heterocycles. The second kappa shape index (κ2) is 8.90. The van der Waals surface area contributed by atoms with Crippen molar-refractivity contribution in [3.05, 3.63) is 86.6 Å². The molecule has 0 spiro atoms. The highest BCUT2D eigenvalue weighted by atomic mass is 35.5. The molecule has 34 heavy (non-hydrogen) atoms. The number of rotatable bonds is 6. The number of carbonyl (C=O) groups excluding carboxylic acids is 1. The van der Waals surface area contributed by atoms with E-state index in [9.17, 15) is 14.0 Å². The minimum absolute atomic E-state index is 0.0162. The lowest BCUT2D eigenvalue weighted by molar-refractivity contribution is -0.124. The van der Waals surface area contributed by atoms with Crippen LogP contribution in [-0.4, -0.2) is 25.4 Å². The predicted molar refractivity (Wildman–Crippen MR) is 127 cm³/mol. The lowest BCUT2D eigenvalue weighted by Gasteiger charge is -2.16. The molecule has 4 heterocycles. The number of H-pyrrole nitrogens is 1. The van der Waals surface area contributed by atoms with Crippen molar-refractivity contribution in [3.63, 3.8) is 0 Å². The number of halogens is 2. The van der Waals surface area contributed by atoms with Gasteiger partial charge in [0.25, 0.3) is 5.56 Å². The molecule has 0 fully saturated rings. The van der Waals surface area contributed by atoms with E-state index in [-0.39, 0.29) is 35.8 Å². The molecule has 8 nitrogen and oxygen atoms in total. The Hall–Kier alpha value is -3.72. The van der Waals surface area contributed by atoms with Crippen LogP contribution in [-0.2, 0) is 24.3 Å². The zero-order valence-electron chi connectivity index (χ0n) is 18.4. The molecule has 1 aliphatic heterocycles. The van der Waals surface area contributed by atoms with Crippen LogP contribution in [0.5, 0.6) is 0 Å². The van der Waals surface area contributed by atoms with Gasteiger partial charge in [-0.05, 0) is 38.0 Å². The van der Waals surface area contributed by atoms with E-state index < -0.39 is 11.6 Å². The van der Waals surface area contributed by atoms with E-state index in [0.717, 1.165) is 22.2 Å². The minimum atomic E-state index is -0.703. The van der Waals surface area contributed by atoms with Crippen molar-refractivity contribution in [1.82, 2.24) is 24.8 Å². The highest BCUT2D eigenvalue weighted by Gasteiger charge is 2.32. The summed E-state index contributed by atoms with van der Waals surface area (Å²) in [5.41, 5.74) is 3.14. The van der Waals surface area contributed by atoms with Crippen LogP contribution >= 0.6 is 11.6 Å². The van der Waals surface area contributed by atoms with Gasteiger partial charge in [0.15, 0.2) is 11.0 Å². The summed E-state index contributed by atoms with van der Waals surface area (Å²) in [6.07, 6.45) is 4.34. The summed E-state index contributed by atoms with van der Waals surface area (Å²) in [5.74, 6) is -0.677. The first-order valence-electron chi connectivity index (χ1n) is 10.9. The van der Waals surface area contributed by atoms with Crippen LogP contribution in [0.25, 0.3) is 10.9 Å². The maximum Gasteiger partial charge on any atom is 0.294 e. The summed E-state index contributed by atoms with van der Waals surface area (Å²) < 4.78 is 15.5. The SMILES string of the molecule is Cc1ccc(F)c(CNc2nc(Cl)c3n(c2=O)[C@H](C(=O)NCc2cc4cnccc4[nH]2)CC3)c1. The van der Waals surface area contributed by atoms with Crippen LogP contribution in [0, 0.1) is 12.7 Å². The zero-order valence-corrected chi connectivity index (χ0v) is 19.1. The number of hydrogen-bond acceptors (Lipinski definition) is 5. The Kier molecular flexibility index (Phi) is 5.79. The van der Waals surface area contributed by atoms with E-state index in [4.69, 9.17) is 11.6 Å². The number of carbonyl (C=O) groups is 1. The fourth-order valence-corrected chi connectivity index (χ4v) is 4.58. The normalized spacial score (nSPS) is 14.9. The summed E-state index contributed by atoms with van der Waals surface area (Å²) in [6, 6.07) is 7.83. The van der Waals surface area contributed by atoms with Crippen LogP contribution < -0.4 is 16.2 Å². The van der Waals surface area contributed by atoms with E-state index >= 15 is 0 Å². The van der Waals surface area contributed by atoms with Crippen molar-refractivity contribution in [1.29, 1.82) is 0 Å². The molecule has 0 saturated carbocycles. The van der Waals surface area contributed by atoms with Crippen molar-refractivity contribution in [2.75, 3.05) is 5.32 Å². The van der Waals surface area contributed by atoms with Crippen LogP contribution in [0.2, 0.25) is 5.15 Å². The smallest absolute Gasteiger partial charge is 0.294 e. The molecule has 4 aromatic rings. The lowest BCUT2D eigenvalue weighted by atomic mass is 10.1. The van der Waals surface area contributed by atoms with E-state index in [2.05, 4.69) is 25.6 Å². The number of anilines is 1. The number of nitrogens with zero attached hydrogens (tertiary/aromatic N) is 3. The average molecular weight is 481 g/mol. The van der Waals surface area contributed by atoms with Gasteiger partial charge < -0.3 is 15.6 Å². The maximum absolute atomic E-state index is 14.1. The fraction of sp³-hybridized carbons (Fsp3) is 0.250. The zero-order chi connectivity index (χ0) is 23.8. The van der Waals surface area contributed by atoms with Gasteiger partial charge in [-0.2, -0.15) is 0 Å². The van der Waals surface area contributed by atoms with Crippen molar-refractivity contribution in [2.45, 2.75) is 38.9 Å². The Morgan fingerprint density at radius 2 is 2.15 bits per heavy atom. The molecule has 0 bridgehead atoms. The Morgan fingerprint density at radius 3 is 2.97 bits per heavy atom. The Bertz CT molecular complexity index is 1430. The van der Waals surface area contributed by atoms with Crippen LogP contribution in [0.15, 0.2) is 47.5 Å². The van der Waals surface area contributed by atoms with Crippen LogP contribution in [0.4, 0.5) is 10.2 Å². The average Bonchev–Trinajstić information content (AvgIpc) is 3.45. The van der Waals surface area contributed by atoms with Gasteiger partial charge >= 0.3 is 0 Å². The first-order chi connectivity index (χ1) is 16.4. The molecule has 1 atom stereocenters. The highest BCUT2D eigenvalue weighted by molar-refractivity contribution is 6.30. The molecule has 5 rings (SSSR count). The third-order valence-corrected chi connectivity index (χ3v) is 6.31. The minimum Gasteiger partial charge on any atom is -0.361 e. The van der Waals surface area contributed by atoms with E-state index in [0.29, 0.717) is 24.1 Å². The molecule has 174 valence electrons. The first-order valence-corrected chi connectivity index (χ1v) is 11.3. The second-order valence-corrected chi connectivity index (χ2v) is 8.71. The van der Waals surface area contributed by atoms with Crippen LogP contribution in [0.3, 0.4) is 0 Å². The second-order valence-electron chi connectivity index (χ2n) is 8.35. The van der Waals surface area contributed by atoms with Crippen molar-refractivity contribution >= 4 is 34.2 Å². The summed E-state index contributed by atoms with van der Waals surface area (Å²) in [5, 5.41) is 6.89. The van der Waals surface area contributed by atoms with E-state index in [1.54, 1.807) is 24.5 Å². The number of hydrogen-bond donors (Lipinski definition) is 3. The van der Waals surface area contributed by atoms with Gasteiger partial charge in [0.1, 0.15) is 11.9 Å². The summed E-state index contributed by atoms with van der Waals surface area (Å²) in [6.45, 7) is 2.21. The quantitative estimate of drug-likeness (QED) is 0.391. The molecular formula is C24H22ClFN6O2. The number of fused-ring (bicyclic) bond motifs is 2. The molecule has 1 aliphatic rings. The fourth-order valence-electron chi connectivity index (χ4n) is 4.31. The number of pyridine rings is 1. The number of nitrogens with one attached hydrogen (secondary N) is 3. The number of amides is 1. The number of aromatic amines is 1. The third kappa shape index (κ3) is 4.14. The predicted octanol–water partition coefficient (Wildman–Crippen LogP) is 3.64. The van der Waals surface area contributed by atoms with Crippen molar-refractivity contribution in [3.8, 4) is 0 Å². The molecule has 0 unspecified atom stereocenters. The van der Waals surface area contributed by atoms with Gasteiger partial charge in [-0.25, -0.2) is 9.37 Å². The topological polar surface area (TPSA) is 105 Å². The molecule has 1 aromatic carbocycles. The van der Waals surface area contributed by atoms with Crippen molar-refractivity contribution in [2.24, 2.45) is 0 Å². The van der Waals surface area contributed by atoms with Gasteiger partial charge in [-0.15, -0.1) is 0 Å². The van der Waals surface area contributed by atoms with Gasteiger partial charge in [0, 0.05) is 41.1 Å². The van der Waals surface area contributed by atoms with Gasteiger partial charge in [0.05, 0.1) is 12.2 Å².